The van der Waals surface area contributed by atoms with Crippen molar-refractivity contribution in [3.8, 4) is 0 Å². The van der Waals surface area contributed by atoms with E-state index in [4.69, 9.17) is 21.1 Å². The molecule has 3 nitrogen and oxygen atoms in total. The zero-order chi connectivity index (χ0) is 13.2. The lowest BCUT2D eigenvalue weighted by atomic mass is 10.2. The van der Waals surface area contributed by atoms with Gasteiger partial charge in [0.25, 0.3) is 0 Å². The molecule has 0 unspecified atom stereocenters. The number of halogens is 2. The Labute approximate surface area is 112 Å². The SMILES string of the molecule is COCCOCCCNCc1c(F)cccc1Cl. The van der Waals surface area contributed by atoms with E-state index in [0.717, 1.165) is 13.0 Å². The van der Waals surface area contributed by atoms with Crippen LogP contribution in [0.25, 0.3) is 0 Å². The fourth-order valence-electron chi connectivity index (χ4n) is 1.46. The average Bonchev–Trinajstić information content (AvgIpc) is 2.35. The maximum absolute atomic E-state index is 13.4. The van der Waals surface area contributed by atoms with Crippen LogP contribution in [0.3, 0.4) is 0 Å². The molecule has 1 aromatic rings. The molecule has 1 rings (SSSR count). The second-order valence-electron chi connectivity index (χ2n) is 3.84. The maximum Gasteiger partial charge on any atom is 0.129 e. The second kappa shape index (κ2) is 9.28. The lowest BCUT2D eigenvalue weighted by molar-refractivity contribution is 0.0694. The molecule has 0 aliphatic carbocycles. The van der Waals surface area contributed by atoms with Crippen molar-refractivity contribution < 1.29 is 13.9 Å². The molecule has 102 valence electrons. The monoisotopic (exact) mass is 275 g/mol. The van der Waals surface area contributed by atoms with Crippen LogP contribution in [0, 0.1) is 5.82 Å². The molecule has 18 heavy (non-hydrogen) atoms. The molecule has 5 heteroatoms. The van der Waals surface area contributed by atoms with Crippen molar-refractivity contribution in [2.75, 3.05) is 33.5 Å². The summed E-state index contributed by atoms with van der Waals surface area (Å²) in [6.07, 6.45) is 0.871. The fourth-order valence-corrected chi connectivity index (χ4v) is 1.69. The zero-order valence-electron chi connectivity index (χ0n) is 10.5. The summed E-state index contributed by atoms with van der Waals surface area (Å²) in [5.41, 5.74) is 0.513. The molecule has 1 N–H and O–H groups in total. The van der Waals surface area contributed by atoms with E-state index in [1.165, 1.54) is 6.07 Å². The average molecular weight is 276 g/mol. The molecule has 0 fully saturated rings. The Balaban J connectivity index is 2.11. The van der Waals surface area contributed by atoms with Crippen molar-refractivity contribution >= 4 is 11.6 Å². The van der Waals surface area contributed by atoms with E-state index in [0.29, 0.717) is 37.0 Å². The van der Waals surface area contributed by atoms with Crippen molar-refractivity contribution in [2.45, 2.75) is 13.0 Å². The van der Waals surface area contributed by atoms with Crippen molar-refractivity contribution in [3.63, 3.8) is 0 Å². The second-order valence-corrected chi connectivity index (χ2v) is 4.24. The minimum absolute atomic E-state index is 0.272. The van der Waals surface area contributed by atoms with Crippen LogP contribution in [-0.4, -0.2) is 33.5 Å². The summed E-state index contributed by atoms with van der Waals surface area (Å²) in [6.45, 7) is 3.08. The van der Waals surface area contributed by atoms with Gasteiger partial charge in [0.2, 0.25) is 0 Å². The summed E-state index contributed by atoms with van der Waals surface area (Å²) in [6, 6.07) is 4.71. The minimum Gasteiger partial charge on any atom is -0.382 e. The Hall–Kier alpha value is -0.680. The summed E-state index contributed by atoms with van der Waals surface area (Å²) < 4.78 is 23.6. The summed E-state index contributed by atoms with van der Waals surface area (Å²) in [7, 11) is 1.64. The van der Waals surface area contributed by atoms with Gasteiger partial charge >= 0.3 is 0 Å². The number of ether oxygens (including phenoxy) is 2. The quantitative estimate of drug-likeness (QED) is 0.703. The predicted molar refractivity (Wildman–Crippen MR) is 70.4 cm³/mol. The van der Waals surface area contributed by atoms with Gasteiger partial charge in [-0.1, -0.05) is 17.7 Å². The summed E-state index contributed by atoms with van der Waals surface area (Å²) >= 11 is 5.91. The van der Waals surface area contributed by atoms with Crippen molar-refractivity contribution in [3.05, 3.63) is 34.6 Å². The molecule has 0 bridgehead atoms. The minimum atomic E-state index is -0.272. The Bertz CT molecular complexity index is 330. The first-order valence-corrected chi connectivity index (χ1v) is 6.33. The molecule has 0 saturated heterocycles. The van der Waals surface area contributed by atoms with E-state index < -0.39 is 0 Å². The molecule has 0 aliphatic rings. The molecule has 0 heterocycles. The van der Waals surface area contributed by atoms with Crippen LogP contribution in [0.5, 0.6) is 0 Å². The highest BCUT2D eigenvalue weighted by molar-refractivity contribution is 6.31. The van der Waals surface area contributed by atoms with Crippen LogP contribution in [0.1, 0.15) is 12.0 Å². The summed E-state index contributed by atoms with van der Waals surface area (Å²) in [5, 5.41) is 3.60. The Morgan fingerprint density at radius 2 is 2.11 bits per heavy atom. The van der Waals surface area contributed by atoms with Crippen molar-refractivity contribution in [2.24, 2.45) is 0 Å². The highest BCUT2D eigenvalue weighted by Crippen LogP contribution is 2.18. The van der Waals surface area contributed by atoms with Crippen LogP contribution < -0.4 is 5.32 Å². The predicted octanol–water partition coefficient (Wildman–Crippen LogP) is 2.62. The van der Waals surface area contributed by atoms with Gasteiger partial charge in [0, 0.05) is 30.8 Å². The van der Waals surface area contributed by atoms with Crippen LogP contribution in [0.2, 0.25) is 5.02 Å². The topological polar surface area (TPSA) is 30.5 Å². The molecule has 0 saturated carbocycles. The maximum atomic E-state index is 13.4. The third-order valence-corrected chi connectivity index (χ3v) is 2.79. The molecule has 0 atom stereocenters. The first-order valence-electron chi connectivity index (χ1n) is 5.96. The van der Waals surface area contributed by atoms with Gasteiger partial charge in [-0.3, -0.25) is 0 Å². The van der Waals surface area contributed by atoms with Gasteiger partial charge in [-0.05, 0) is 25.1 Å². The summed E-state index contributed by atoms with van der Waals surface area (Å²) in [5.74, 6) is -0.272. The number of nitrogens with one attached hydrogen (secondary N) is 1. The number of hydrogen-bond acceptors (Lipinski definition) is 3. The van der Waals surface area contributed by atoms with Gasteiger partial charge in [0.1, 0.15) is 5.82 Å². The van der Waals surface area contributed by atoms with Gasteiger partial charge < -0.3 is 14.8 Å². The molecule has 0 spiro atoms. The number of benzene rings is 1. The molecule has 0 radical (unpaired) electrons. The van der Waals surface area contributed by atoms with Crippen LogP contribution in [0.4, 0.5) is 4.39 Å². The lowest BCUT2D eigenvalue weighted by Gasteiger charge is -2.08. The van der Waals surface area contributed by atoms with E-state index in [-0.39, 0.29) is 5.82 Å². The molecule has 0 amide bonds. The normalized spacial score (nSPS) is 10.8. The Kier molecular flexibility index (Phi) is 7.93. The Morgan fingerprint density at radius 3 is 2.83 bits per heavy atom. The van der Waals surface area contributed by atoms with E-state index in [2.05, 4.69) is 5.32 Å². The van der Waals surface area contributed by atoms with E-state index in [1.807, 2.05) is 0 Å². The molecule has 0 aromatic heterocycles. The van der Waals surface area contributed by atoms with Crippen molar-refractivity contribution in [1.82, 2.24) is 5.32 Å². The highest BCUT2D eigenvalue weighted by atomic mass is 35.5. The van der Waals surface area contributed by atoms with Crippen LogP contribution in [-0.2, 0) is 16.0 Å². The Morgan fingerprint density at radius 1 is 1.28 bits per heavy atom. The molecule has 0 aliphatic heterocycles. The highest BCUT2D eigenvalue weighted by Gasteiger charge is 2.05. The molecule has 1 aromatic carbocycles. The number of rotatable bonds is 9. The lowest BCUT2D eigenvalue weighted by Crippen LogP contribution is -2.18. The number of hydrogen-bond donors (Lipinski definition) is 1. The molecular weight excluding hydrogens is 257 g/mol. The summed E-state index contributed by atoms with van der Waals surface area (Å²) in [4.78, 5) is 0. The molecular formula is C13H19ClFNO2. The standard InChI is InChI=1S/C13H19ClFNO2/c1-17-8-9-18-7-3-6-16-10-11-12(14)4-2-5-13(11)15/h2,4-5,16H,3,6-10H2,1H3. The van der Waals surface area contributed by atoms with Gasteiger partial charge in [-0.2, -0.15) is 0 Å². The first kappa shape index (κ1) is 15.4. The fraction of sp³-hybridized carbons (Fsp3) is 0.538. The van der Waals surface area contributed by atoms with Crippen LogP contribution in [0.15, 0.2) is 18.2 Å². The van der Waals surface area contributed by atoms with Gasteiger partial charge in [0.15, 0.2) is 0 Å². The number of methoxy groups -OCH3 is 1. The largest absolute Gasteiger partial charge is 0.382 e. The smallest absolute Gasteiger partial charge is 0.129 e. The van der Waals surface area contributed by atoms with E-state index in [1.54, 1.807) is 19.2 Å². The van der Waals surface area contributed by atoms with E-state index in [9.17, 15) is 4.39 Å². The van der Waals surface area contributed by atoms with Gasteiger partial charge in [-0.25, -0.2) is 4.39 Å². The van der Waals surface area contributed by atoms with Crippen molar-refractivity contribution in [1.29, 1.82) is 0 Å². The zero-order valence-corrected chi connectivity index (χ0v) is 11.3. The van der Waals surface area contributed by atoms with E-state index >= 15 is 0 Å². The first-order chi connectivity index (χ1) is 8.75. The third kappa shape index (κ3) is 5.78. The van der Waals surface area contributed by atoms with Gasteiger partial charge in [0.05, 0.1) is 13.2 Å². The van der Waals surface area contributed by atoms with Gasteiger partial charge in [-0.15, -0.1) is 0 Å². The third-order valence-electron chi connectivity index (χ3n) is 2.44. The van der Waals surface area contributed by atoms with Crippen LogP contribution >= 0.6 is 11.6 Å².